The smallest absolute Gasteiger partial charge is 0.221 e. The van der Waals surface area contributed by atoms with E-state index in [4.69, 9.17) is 0 Å². The first kappa shape index (κ1) is 17.2. The summed E-state index contributed by atoms with van der Waals surface area (Å²) in [6, 6.07) is 0.225. The van der Waals surface area contributed by atoms with Crippen molar-refractivity contribution in [3.63, 3.8) is 0 Å². The first-order valence-corrected chi connectivity index (χ1v) is 7.67. The second-order valence-corrected chi connectivity index (χ2v) is 5.10. The van der Waals surface area contributed by atoms with Crippen LogP contribution in [0, 0.1) is 0 Å². The van der Waals surface area contributed by atoms with Crippen molar-refractivity contribution in [2.75, 3.05) is 24.2 Å². The van der Waals surface area contributed by atoms with Crippen LogP contribution in [0.2, 0.25) is 0 Å². The number of anilines is 2. The van der Waals surface area contributed by atoms with Crippen LogP contribution in [0.25, 0.3) is 0 Å². The minimum atomic E-state index is 0.0665. The highest BCUT2D eigenvalue weighted by molar-refractivity contribution is 5.76. The fourth-order valence-corrected chi connectivity index (χ4v) is 2.01. The van der Waals surface area contributed by atoms with Crippen molar-refractivity contribution in [1.29, 1.82) is 0 Å². The number of hydrogen-bond acceptors (Lipinski definition) is 5. The first-order valence-electron chi connectivity index (χ1n) is 7.67. The predicted octanol–water partition coefficient (Wildman–Crippen LogP) is 2.19. The number of carbonyl (C=O) groups is 1. The Hall–Kier alpha value is -1.85. The molecule has 0 aromatic carbocycles. The van der Waals surface area contributed by atoms with Crippen LogP contribution in [0.3, 0.4) is 0 Å². The molecule has 1 aromatic rings. The van der Waals surface area contributed by atoms with Gasteiger partial charge in [-0.1, -0.05) is 20.3 Å². The zero-order chi connectivity index (χ0) is 15.7. The molecular weight excluding hydrogens is 266 g/mol. The van der Waals surface area contributed by atoms with Gasteiger partial charge in [0.1, 0.15) is 18.0 Å². The van der Waals surface area contributed by atoms with Crippen molar-refractivity contribution >= 4 is 17.5 Å². The van der Waals surface area contributed by atoms with E-state index in [1.54, 1.807) is 0 Å². The van der Waals surface area contributed by atoms with Crippen molar-refractivity contribution in [2.24, 2.45) is 0 Å². The number of nitrogens with zero attached hydrogens (tertiary/aromatic N) is 2. The average Bonchev–Trinajstić information content (AvgIpc) is 2.48. The Kier molecular flexibility index (Phi) is 7.50. The summed E-state index contributed by atoms with van der Waals surface area (Å²) in [4.78, 5) is 20.3. The summed E-state index contributed by atoms with van der Waals surface area (Å²) < 4.78 is 0. The fourth-order valence-electron chi connectivity index (χ4n) is 2.01. The molecule has 6 heteroatoms. The molecule has 118 valence electrons. The molecule has 0 spiro atoms. The van der Waals surface area contributed by atoms with E-state index < -0.39 is 0 Å². The van der Waals surface area contributed by atoms with E-state index in [0.717, 1.165) is 36.5 Å². The number of hydrogen-bond donors (Lipinski definition) is 3. The zero-order valence-electron chi connectivity index (χ0n) is 13.5. The van der Waals surface area contributed by atoms with Gasteiger partial charge in [-0.25, -0.2) is 9.97 Å². The van der Waals surface area contributed by atoms with Crippen LogP contribution in [0.1, 0.15) is 45.6 Å². The van der Waals surface area contributed by atoms with E-state index in [-0.39, 0.29) is 11.9 Å². The predicted molar refractivity (Wildman–Crippen MR) is 86.6 cm³/mol. The monoisotopic (exact) mass is 293 g/mol. The van der Waals surface area contributed by atoms with Crippen molar-refractivity contribution < 1.29 is 4.79 Å². The second-order valence-electron chi connectivity index (χ2n) is 5.10. The average molecular weight is 293 g/mol. The van der Waals surface area contributed by atoms with Crippen molar-refractivity contribution in [3.8, 4) is 0 Å². The molecular formula is C15H27N5O. The Labute approximate surface area is 127 Å². The van der Waals surface area contributed by atoms with Crippen LogP contribution in [0.4, 0.5) is 11.6 Å². The Morgan fingerprint density at radius 2 is 2.00 bits per heavy atom. The standard InChI is InChI=1S/C15H27N5O/c1-5-7-12-14(16-4)18-10-19-15(12)17-9-8-13(21)20-11(3)6-2/h10-11H,5-9H2,1-4H3,(H,20,21)(H2,16,17,18,19). The van der Waals surface area contributed by atoms with Crippen LogP contribution in [0.15, 0.2) is 6.33 Å². The highest BCUT2D eigenvalue weighted by atomic mass is 16.1. The third-order valence-corrected chi connectivity index (χ3v) is 3.35. The van der Waals surface area contributed by atoms with Crippen LogP contribution in [0.5, 0.6) is 0 Å². The van der Waals surface area contributed by atoms with Crippen LogP contribution in [-0.4, -0.2) is 35.5 Å². The topological polar surface area (TPSA) is 78.9 Å². The maximum Gasteiger partial charge on any atom is 0.221 e. The summed E-state index contributed by atoms with van der Waals surface area (Å²) in [5.74, 6) is 1.72. The molecule has 0 aliphatic carbocycles. The normalized spacial score (nSPS) is 11.8. The molecule has 3 N–H and O–H groups in total. The number of carbonyl (C=O) groups excluding carboxylic acids is 1. The Bertz CT molecular complexity index is 450. The van der Waals surface area contributed by atoms with E-state index >= 15 is 0 Å². The maximum atomic E-state index is 11.7. The van der Waals surface area contributed by atoms with Gasteiger partial charge in [-0.3, -0.25) is 4.79 Å². The van der Waals surface area contributed by atoms with Gasteiger partial charge < -0.3 is 16.0 Å². The molecule has 1 aromatic heterocycles. The third-order valence-electron chi connectivity index (χ3n) is 3.35. The van der Waals surface area contributed by atoms with Gasteiger partial charge in [0, 0.05) is 31.6 Å². The van der Waals surface area contributed by atoms with Gasteiger partial charge in [-0.15, -0.1) is 0 Å². The summed E-state index contributed by atoms with van der Waals surface area (Å²) in [5, 5.41) is 9.28. The summed E-state index contributed by atoms with van der Waals surface area (Å²) in [7, 11) is 1.85. The molecule has 1 atom stereocenters. The summed E-state index contributed by atoms with van der Waals surface area (Å²) in [6.07, 6.45) is 4.84. The number of aromatic nitrogens is 2. The Morgan fingerprint density at radius 3 is 2.62 bits per heavy atom. The van der Waals surface area contributed by atoms with Crippen LogP contribution >= 0.6 is 0 Å². The molecule has 6 nitrogen and oxygen atoms in total. The van der Waals surface area contributed by atoms with Crippen LogP contribution < -0.4 is 16.0 Å². The number of amides is 1. The van der Waals surface area contributed by atoms with E-state index in [1.807, 2.05) is 14.0 Å². The molecule has 0 saturated carbocycles. The summed E-state index contributed by atoms with van der Waals surface area (Å²) >= 11 is 0. The van der Waals surface area contributed by atoms with Crippen molar-refractivity contribution in [2.45, 2.75) is 52.5 Å². The highest BCUT2D eigenvalue weighted by Crippen LogP contribution is 2.20. The summed E-state index contributed by atoms with van der Waals surface area (Å²) in [5.41, 5.74) is 1.07. The van der Waals surface area contributed by atoms with Gasteiger partial charge >= 0.3 is 0 Å². The molecule has 1 rings (SSSR count). The maximum absolute atomic E-state index is 11.7. The van der Waals surface area contributed by atoms with Gasteiger partial charge in [-0.2, -0.15) is 0 Å². The van der Waals surface area contributed by atoms with Gasteiger partial charge in [0.05, 0.1) is 0 Å². The van der Waals surface area contributed by atoms with Gasteiger partial charge in [0.15, 0.2) is 0 Å². The molecule has 0 radical (unpaired) electrons. The quantitative estimate of drug-likeness (QED) is 0.650. The lowest BCUT2D eigenvalue weighted by Gasteiger charge is -2.14. The lowest BCUT2D eigenvalue weighted by Crippen LogP contribution is -2.33. The van der Waals surface area contributed by atoms with E-state index in [1.165, 1.54) is 6.33 Å². The van der Waals surface area contributed by atoms with Crippen molar-refractivity contribution in [1.82, 2.24) is 15.3 Å². The van der Waals surface area contributed by atoms with Gasteiger partial charge in [-0.05, 0) is 19.8 Å². The van der Waals surface area contributed by atoms with E-state index in [2.05, 4.69) is 39.8 Å². The first-order chi connectivity index (χ1) is 10.1. The lowest BCUT2D eigenvalue weighted by molar-refractivity contribution is -0.121. The van der Waals surface area contributed by atoms with E-state index in [0.29, 0.717) is 13.0 Å². The zero-order valence-corrected chi connectivity index (χ0v) is 13.5. The van der Waals surface area contributed by atoms with Crippen molar-refractivity contribution in [3.05, 3.63) is 11.9 Å². The molecule has 21 heavy (non-hydrogen) atoms. The molecule has 0 aliphatic heterocycles. The van der Waals surface area contributed by atoms with E-state index in [9.17, 15) is 4.79 Å². The lowest BCUT2D eigenvalue weighted by atomic mass is 10.1. The Balaban J connectivity index is 2.57. The largest absolute Gasteiger partial charge is 0.373 e. The van der Waals surface area contributed by atoms with Gasteiger partial charge in [0.2, 0.25) is 5.91 Å². The minimum Gasteiger partial charge on any atom is -0.373 e. The molecule has 1 heterocycles. The highest BCUT2D eigenvalue weighted by Gasteiger charge is 2.10. The SMILES string of the molecule is CCCc1c(NC)ncnc1NCCC(=O)NC(C)CC. The Morgan fingerprint density at radius 1 is 1.29 bits per heavy atom. The van der Waals surface area contributed by atoms with Crippen LogP contribution in [-0.2, 0) is 11.2 Å². The minimum absolute atomic E-state index is 0.0665. The second kappa shape index (κ2) is 9.15. The molecule has 0 fully saturated rings. The molecule has 1 amide bonds. The number of nitrogens with one attached hydrogen (secondary N) is 3. The molecule has 1 unspecified atom stereocenters. The molecule has 0 aliphatic rings. The van der Waals surface area contributed by atoms with Gasteiger partial charge in [0.25, 0.3) is 0 Å². The fraction of sp³-hybridized carbons (Fsp3) is 0.667. The molecule has 0 saturated heterocycles. The molecule has 0 bridgehead atoms. The number of rotatable bonds is 9. The third kappa shape index (κ3) is 5.57. The summed E-state index contributed by atoms with van der Waals surface area (Å²) in [6.45, 7) is 6.75.